The normalized spacial score (nSPS) is 11.6. The lowest BCUT2D eigenvalue weighted by atomic mass is 10.1. The van der Waals surface area contributed by atoms with E-state index in [4.69, 9.17) is 11.6 Å². The Hall–Kier alpha value is -1.63. The molecule has 0 aliphatic carbocycles. The topological polar surface area (TPSA) is 59.0 Å². The Kier molecular flexibility index (Phi) is 6.80. The molecule has 2 N–H and O–H groups in total. The maximum Gasteiger partial charge on any atom is 0.242 e. The summed E-state index contributed by atoms with van der Waals surface area (Å²) in [6, 6.07) is 3.87. The van der Waals surface area contributed by atoms with Crippen LogP contribution in [0.25, 0.3) is 0 Å². The van der Waals surface area contributed by atoms with Crippen molar-refractivity contribution in [1.29, 1.82) is 0 Å². The smallest absolute Gasteiger partial charge is 0.242 e. The fourth-order valence-corrected chi connectivity index (χ4v) is 2.25. The number of carbonyl (C=O) groups is 1. The van der Waals surface area contributed by atoms with Crippen molar-refractivity contribution in [2.45, 2.75) is 12.6 Å². The second-order valence-electron chi connectivity index (χ2n) is 4.59. The van der Waals surface area contributed by atoms with Crippen molar-refractivity contribution in [2.75, 3.05) is 7.05 Å². The van der Waals surface area contributed by atoms with Crippen molar-refractivity contribution in [3.63, 3.8) is 0 Å². The summed E-state index contributed by atoms with van der Waals surface area (Å²) in [6.07, 6.45) is 3.35. The molecular formula is C14H17Cl2FN4O. The van der Waals surface area contributed by atoms with Crippen LogP contribution in [0.15, 0.2) is 30.6 Å². The van der Waals surface area contributed by atoms with Gasteiger partial charge in [0.25, 0.3) is 0 Å². The van der Waals surface area contributed by atoms with Crippen LogP contribution in [0, 0.1) is 5.82 Å². The first-order valence-corrected chi connectivity index (χ1v) is 6.77. The number of nitrogens with one attached hydrogen (secondary N) is 2. The lowest BCUT2D eigenvalue weighted by molar-refractivity contribution is -0.123. The Morgan fingerprint density at radius 2 is 2.23 bits per heavy atom. The lowest BCUT2D eigenvalue weighted by Crippen LogP contribution is -2.35. The number of halogens is 3. The average molecular weight is 347 g/mol. The van der Waals surface area contributed by atoms with Gasteiger partial charge >= 0.3 is 0 Å². The maximum absolute atomic E-state index is 13.6. The van der Waals surface area contributed by atoms with Gasteiger partial charge in [0, 0.05) is 35.9 Å². The molecular weight excluding hydrogens is 330 g/mol. The summed E-state index contributed by atoms with van der Waals surface area (Å²) in [5.41, 5.74) is 1.01. The summed E-state index contributed by atoms with van der Waals surface area (Å²) in [7, 11) is 3.45. The quantitative estimate of drug-likeness (QED) is 0.872. The van der Waals surface area contributed by atoms with Gasteiger partial charge in [0.2, 0.25) is 5.91 Å². The molecule has 120 valence electrons. The van der Waals surface area contributed by atoms with Crippen LogP contribution in [0.5, 0.6) is 0 Å². The standard InChI is InChI=1S/C14H16ClFN4O.ClH/c1-17-13(9-6-19-20(2)8-9)14(21)18-7-10-11(15)4-3-5-12(10)16;/h3-6,8,13,17H,7H2,1-2H3,(H,18,21);1H. The third-order valence-electron chi connectivity index (χ3n) is 3.11. The summed E-state index contributed by atoms with van der Waals surface area (Å²) < 4.78 is 15.3. The van der Waals surface area contributed by atoms with Gasteiger partial charge in [-0.25, -0.2) is 4.39 Å². The predicted molar refractivity (Wildman–Crippen MR) is 85.5 cm³/mol. The number of aryl methyl sites for hydroxylation is 1. The maximum atomic E-state index is 13.6. The minimum Gasteiger partial charge on any atom is -0.350 e. The van der Waals surface area contributed by atoms with E-state index in [9.17, 15) is 9.18 Å². The number of hydrogen-bond donors (Lipinski definition) is 2. The molecule has 0 aliphatic rings. The van der Waals surface area contributed by atoms with E-state index in [-0.39, 0.29) is 35.4 Å². The van der Waals surface area contributed by atoms with E-state index in [2.05, 4.69) is 15.7 Å². The zero-order valence-corrected chi connectivity index (χ0v) is 13.7. The van der Waals surface area contributed by atoms with Gasteiger partial charge in [-0.1, -0.05) is 17.7 Å². The van der Waals surface area contributed by atoms with Crippen LogP contribution in [0.1, 0.15) is 17.2 Å². The number of likely N-dealkylation sites (N-methyl/N-ethyl adjacent to an activating group) is 1. The van der Waals surface area contributed by atoms with Gasteiger partial charge in [-0.05, 0) is 19.2 Å². The van der Waals surface area contributed by atoms with Gasteiger partial charge in [0.05, 0.1) is 6.20 Å². The summed E-state index contributed by atoms with van der Waals surface area (Å²) >= 11 is 5.93. The van der Waals surface area contributed by atoms with Crippen LogP contribution in [-0.2, 0) is 18.4 Å². The first kappa shape index (κ1) is 18.4. The number of hydrogen-bond acceptors (Lipinski definition) is 3. The lowest BCUT2D eigenvalue weighted by Gasteiger charge is -2.15. The molecule has 1 heterocycles. The van der Waals surface area contributed by atoms with Gasteiger partial charge in [0.15, 0.2) is 0 Å². The van der Waals surface area contributed by atoms with Crippen LogP contribution in [0.3, 0.4) is 0 Å². The van der Waals surface area contributed by atoms with Gasteiger partial charge in [-0.15, -0.1) is 12.4 Å². The summed E-state index contributed by atoms with van der Waals surface area (Å²) in [6.45, 7) is 0.0305. The molecule has 1 unspecified atom stereocenters. The van der Waals surface area contributed by atoms with Crippen molar-refractivity contribution < 1.29 is 9.18 Å². The van der Waals surface area contributed by atoms with Gasteiger partial charge < -0.3 is 10.6 Å². The molecule has 5 nitrogen and oxygen atoms in total. The molecule has 2 aromatic rings. The fourth-order valence-electron chi connectivity index (χ4n) is 2.02. The van der Waals surface area contributed by atoms with Crippen LogP contribution in [0.2, 0.25) is 5.02 Å². The fraction of sp³-hybridized carbons (Fsp3) is 0.286. The Labute approximate surface area is 139 Å². The summed E-state index contributed by atoms with van der Waals surface area (Å²) in [4.78, 5) is 12.2. The van der Waals surface area contributed by atoms with E-state index in [1.165, 1.54) is 12.1 Å². The Morgan fingerprint density at radius 3 is 2.77 bits per heavy atom. The second-order valence-corrected chi connectivity index (χ2v) is 4.99. The van der Waals surface area contributed by atoms with Crippen molar-refractivity contribution >= 4 is 29.9 Å². The number of nitrogens with zero attached hydrogens (tertiary/aromatic N) is 2. The van der Waals surface area contributed by atoms with Crippen molar-refractivity contribution in [1.82, 2.24) is 20.4 Å². The first-order valence-electron chi connectivity index (χ1n) is 6.39. The molecule has 0 fully saturated rings. The van der Waals surface area contributed by atoms with E-state index < -0.39 is 11.9 Å². The van der Waals surface area contributed by atoms with Gasteiger partial charge in [-0.3, -0.25) is 9.48 Å². The second kappa shape index (κ2) is 8.12. The van der Waals surface area contributed by atoms with Crippen LogP contribution in [-0.4, -0.2) is 22.7 Å². The van der Waals surface area contributed by atoms with Gasteiger partial charge in [0.1, 0.15) is 11.9 Å². The van der Waals surface area contributed by atoms with Crippen LogP contribution in [0.4, 0.5) is 4.39 Å². The monoisotopic (exact) mass is 346 g/mol. The minimum atomic E-state index is -0.552. The van der Waals surface area contributed by atoms with Gasteiger partial charge in [-0.2, -0.15) is 5.10 Å². The first-order chi connectivity index (χ1) is 10.0. The summed E-state index contributed by atoms with van der Waals surface area (Å²) in [5.74, 6) is -0.713. The van der Waals surface area contributed by atoms with Crippen LogP contribution >= 0.6 is 24.0 Å². The molecule has 8 heteroatoms. The molecule has 0 radical (unpaired) electrons. The van der Waals surface area contributed by atoms with E-state index in [0.717, 1.165) is 5.56 Å². The third-order valence-corrected chi connectivity index (χ3v) is 3.46. The zero-order valence-electron chi connectivity index (χ0n) is 12.1. The highest BCUT2D eigenvalue weighted by Crippen LogP contribution is 2.19. The van der Waals surface area contributed by atoms with Crippen molar-refractivity contribution in [3.05, 3.63) is 52.6 Å². The molecule has 0 saturated carbocycles. The molecule has 1 aromatic carbocycles. The molecule has 0 aliphatic heterocycles. The van der Waals surface area contributed by atoms with Crippen LogP contribution < -0.4 is 10.6 Å². The molecule has 22 heavy (non-hydrogen) atoms. The number of aromatic nitrogens is 2. The molecule has 0 saturated heterocycles. The molecule has 0 spiro atoms. The molecule has 1 aromatic heterocycles. The highest BCUT2D eigenvalue weighted by Gasteiger charge is 2.20. The Bertz CT molecular complexity index is 627. The number of carbonyl (C=O) groups excluding carboxylic acids is 1. The number of benzene rings is 1. The predicted octanol–water partition coefficient (Wildman–Crippen LogP) is 2.21. The third kappa shape index (κ3) is 4.19. The van der Waals surface area contributed by atoms with Crippen molar-refractivity contribution in [2.24, 2.45) is 7.05 Å². The zero-order chi connectivity index (χ0) is 15.4. The SMILES string of the molecule is CNC(C(=O)NCc1c(F)cccc1Cl)c1cnn(C)c1.Cl. The summed E-state index contributed by atoms with van der Waals surface area (Å²) in [5, 5.41) is 9.90. The highest BCUT2D eigenvalue weighted by atomic mass is 35.5. The largest absolute Gasteiger partial charge is 0.350 e. The molecule has 0 bridgehead atoms. The van der Waals surface area contributed by atoms with E-state index in [1.54, 1.807) is 37.2 Å². The Morgan fingerprint density at radius 1 is 1.50 bits per heavy atom. The molecule has 1 atom stereocenters. The Balaban J connectivity index is 0.00000242. The number of rotatable bonds is 5. The van der Waals surface area contributed by atoms with E-state index in [1.807, 2.05) is 0 Å². The molecule has 2 rings (SSSR count). The minimum absolute atomic E-state index is 0. The average Bonchev–Trinajstić information content (AvgIpc) is 2.85. The van der Waals surface area contributed by atoms with E-state index in [0.29, 0.717) is 0 Å². The van der Waals surface area contributed by atoms with E-state index >= 15 is 0 Å². The molecule has 1 amide bonds. The highest BCUT2D eigenvalue weighted by molar-refractivity contribution is 6.31. The van der Waals surface area contributed by atoms with Crippen molar-refractivity contribution in [3.8, 4) is 0 Å². The number of amides is 1.